The molecular weight excluding hydrogens is 600 g/mol. The van der Waals surface area contributed by atoms with Gasteiger partial charge >= 0.3 is 200 Å². The fourth-order valence-corrected chi connectivity index (χ4v) is 19.2. The molecule has 0 unspecified atom stereocenters. The van der Waals surface area contributed by atoms with Gasteiger partial charge in [-0.15, -0.1) is 0 Å². The summed E-state index contributed by atoms with van der Waals surface area (Å²) in [4.78, 5) is 13.2. The van der Waals surface area contributed by atoms with Crippen molar-refractivity contribution in [1.82, 2.24) is 0 Å². The van der Waals surface area contributed by atoms with Gasteiger partial charge in [0.05, 0.1) is 0 Å². The predicted octanol–water partition coefficient (Wildman–Crippen LogP) is 6.12. The van der Waals surface area contributed by atoms with E-state index in [1.54, 1.807) is 0 Å². The molecule has 3 aromatic rings. The van der Waals surface area contributed by atoms with Crippen LogP contribution < -0.4 is 9.37 Å². The average molecular weight is 638 g/mol. The first-order valence-corrected chi connectivity index (χ1v) is 20.1. The third-order valence-electron chi connectivity index (χ3n) is 6.29. The van der Waals surface area contributed by atoms with Gasteiger partial charge in [0, 0.05) is 0 Å². The molecule has 174 valence electrons. The van der Waals surface area contributed by atoms with E-state index in [1.807, 2.05) is 18.2 Å². The molecule has 3 rings (SSSR count). The SMILES string of the molecule is CCCCCCCCCCCC(=O)[O][Pb]([c]1ccccc1)([c]1ccccc1)[c]1ccccc1. The zero-order valence-corrected chi connectivity index (χ0v) is 23.9. The van der Waals surface area contributed by atoms with E-state index < -0.39 is 21.6 Å². The van der Waals surface area contributed by atoms with E-state index in [1.165, 1.54) is 54.3 Å². The summed E-state index contributed by atoms with van der Waals surface area (Å²) in [5.74, 6) is -0.0452. The molecule has 0 amide bonds. The van der Waals surface area contributed by atoms with Crippen molar-refractivity contribution in [3.63, 3.8) is 0 Å². The molecule has 0 spiro atoms. The summed E-state index contributed by atoms with van der Waals surface area (Å²) >= 11 is -4.11. The number of hydrogen-bond donors (Lipinski definition) is 0. The van der Waals surface area contributed by atoms with Gasteiger partial charge in [0.15, 0.2) is 0 Å². The number of hydrogen-bond acceptors (Lipinski definition) is 2. The number of carbonyl (C=O) groups is 1. The molecule has 3 aromatic carbocycles. The van der Waals surface area contributed by atoms with Crippen molar-refractivity contribution in [3.8, 4) is 0 Å². The maximum absolute atomic E-state index is 13.2. The van der Waals surface area contributed by atoms with Crippen LogP contribution in [0.2, 0.25) is 0 Å². The number of benzene rings is 3. The van der Waals surface area contributed by atoms with Gasteiger partial charge in [-0.1, -0.05) is 6.92 Å². The zero-order valence-electron chi connectivity index (χ0n) is 20.0. The van der Waals surface area contributed by atoms with Crippen LogP contribution in [0.3, 0.4) is 0 Å². The van der Waals surface area contributed by atoms with Crippen LogP contribution in [0.15, 0.2) is 91.0 Å². The van der Waals surface area contributed by atoms with Gasteiger partial charge in [-0.2, -0.15) is 0 Å². The van der Waals surface area contributed by atoms with E-state index in [0.29, 0.717) is 6.42 Å². The molecular formula is C30H38O2Pb. The Kier molecular flexibility index (Phi) is 11.2. The number of carbonyl (C=O) groups excluding carboxylic acids is 1. The van der Waals surface area contributed by atoms with Crippen LogP contribution in [0.1, 0.15) is 71.1 Å². The van der Waals surface area contributed by atoms with E-state index in [-0.39, 0.29) is 5.97 Å². The Hall–Kier alpha value is -1.95. The van der Waals surface area contributed by atoms with Gasteiger partial charge in [-0.3, -0.25) is 0 Å². The quantitative estimate of drug-likeness (QED) is 0.157. The van der Waals surface area contributed by atoms with Crippen molar-refractivity contribution in [1.29, 1.82) is 0 Å². The molecule has 0 aliphatic carbocycles. The summed E-state index contributed by atoms with van der Waals surface area (Å²) in [5.41, 5.74) is 0. The normalized spacial score (nSPS) is 11.3. The Morgan fingerprint density at radius 1 is 0.576 bits per heavy atom. The van der Waals surface area contributed by atoms with Crippen molar-refractivity contribution in [2.24, 2.45) is 0 Å². The van der Waals surface area contributed by atoms with Crippen LogP contribution >= 0.6 is 0 Å². The summed E-state index contributed by atoms with van der Waals surface area (Å²) in [6.07, 6.45) is 11.7. The molecule has 0 saturated carbocycles. The van der Waals surface area contributed by atoms with Crippen LogP contribution in [-0.4, -0.2) is 27.6 Å². The summed E-state index contributed by atoms with van der Waals surface area (Å²) in [5, 5.41) is 0. The summed E-state index contributed by atoms with van der Waals surface area (Å²) in [7, 11) is 0. The Bertz CT molecular complexity index is 829. The van der Waals surface area contributed by atoms with Crippen molar-refractivity contribution in [2.75, 3.05) is 0 Å². The van der Waals surface area contributed by atoms with Gasteiger partial charge in [-0.25, -0.2) is 0 Å². The Morgan fingerprint density at radius 2 is 0.939 bits per heavy atom. The van der Waals surface area contributed by atoms with Crippen LogP contribution in [0.5, 0.6) is 0 Å². The van der Waals surface area contributed by atoms with Crippen molar-refractivity contribution in [3.05, 3.63) is 91.0 Å². The molecule has 33 heavy (non-hydrogen) atoms. The summed E-state index contributed by atoms with van der Waals surface area (Å²) in [6, 6.07) is 31.3. The molecule has 0 N–H and O–H groups in total. The van der Waals surface area contributed by atoms with Gasteiger partial charge < -0.3 is 0 Å². The van der Waals surface area contributed by atoms with E-state index in [9.17, 15) is 4.79 Å². The first kappa shape index (κ1) is 25.7. The Labute approximate surface area is 205 Å². The third-order valence-corrected chi connectivity index (χ3v) is 21.7. The second-order valence-corrected chi connectivity index (χ2v) is 21.7. The van der Waals surface area contributed by atoms with E-state index in [4.69, 9.17) is 2.69 Å². The topological polar surface area (TPSA) is 26.3 Å². The van der Waals surface area contributed by atoms with Crippen molar-refractivity contribution < 1.29 is 7.48 Å². The zero-order chi connectivity index (χ0) is 23.2. The second kappa shape index (κ2) is 14.3. The molecule has 0 saturated heterocycles. The van der Waals surface area contributed by atoms with E-state index >= 15 is 0 Å². The molecule has 2 nitrogen and oxygen atoms in total. The first-order valence-electron chi connectivity index (χ1n) is 12.7. The molecule has 0 bridgehead atoms. The first-order chi connectivity index (χ1) is 16.3. The monoisotopic (exact) mass is 638 g/mol. The van der Waals surface area contributed by atoms with Gasteiger partial charge in [0.2, 0.25) is 0 Å². The number of rotatable bonds is 14. The van der Waals surface area contributed by atoms with Crippen LogP contribution in [0, 0.1) is 0 Å². The number of unbranched alkanes of at least 4 members (excludes halogenated alkanes) is 8. The minimum absolute atomic E-state index is 0.0452. The van der Waals surface area contributed by atoms with Crippen molar-refractivity contribution >= 4 is 37.0 Å². The van der Waals surface area contributed by atoms with E-state index in [0.717, 1.165) is 12.8 Å². The molecule has 0 aliphatic heterocycles. The molecule has 0 fully saturated rings. The average Bonchev–Trinajstić information content (AvgIpc) is 2.88. The third kappa shape index (κ3) is 7.53. The van der Waals surface area contributed by atoms with Gasteiger partial charge in [0.25, 0.3) is 0 Å². The molecule has 0 aliphatic rings. The maximum atomic E-state index is 13.2. The predicted molar refractivity (Wildman–Crippen MR) is 142 cm³/mol. The minimum atomic E-state index is -4.11. The standard InChI is InChI=1S/C12H24O2.3C6H5.Pb/c1-2-3-4-5-6-7-8-9-10-11-12(13)14;3*1-2-4-6-5-3-1;/h2-11H2,1H3,(H,13,14);3*1-5H;/q;;;;+1/p-1. The Balaban J connectivity index is 1.71. The summed E-state index contributed by atoms with van der Waals surface area (Å²) in [6.45, 7) is 2.26. The molecule has 0 atom stereocenters. The summed E-state index contributed by atoms with van der Waals surface area (Å²) < 4.78 is 10.2. The molecule has 0 heterocycles. The molecule has 0 aromatic heterocycles. The van der Waals surface area contributed by atoms with Crippen LogP contribution in [0.25, 0.3) is 0 Å². The second-order valence-electron chi connectivity index (χ2n) is 8.83. The fraction of sp³-hybridized carbons (Fsp3) is 0.367. The van der Waals surface area contributed by atoms with Gasteiger partial charge in [-0.05, 0) is 0 Å². The van der Waals surface area contributed by atoms with E-state index in [2.05, 4.69) is 79.7 Å². The molecule has 3 heteroatoms. The van der Waals surface area contributed by atoms with Crippen LogP contribution in [0.4, 0.5) is 0 Å². The van der Waals surface area contributed by atoms with Crippen molar-refractivity contribution in [2.45, 2.75) is 71.1 Å². The fourth-order valence-electron chi connectivity index (χ4n) is 4.50. The van der Waals surface area contributed by atoms with Crippen LogP contribution in [-0.2, 0) is 7.48 Å². The molecule has 0 radical (unpaired) electrons. The Morgan fingerprint density at radius 3 is 1.33 bits per heavy atom. The van der Waals surface area contributed by atoms with Gasteiger partial charge in [0.1, 0.15) is 0 Å².